The van der Waals surface area contributed by atoms with Gasteiger partial charge >= 0.3 is 0 Å². The van der Waals surface area contributed by atoms with Gasteiger partial charge in [0.15, 0.2) is 0 Å². The highest BCUT2D eigenvalue weighted by Crippen LogP contribution is 2.22. The van der Waals surface area contributed by atoms with E-state index in [0.29, 0.717) is 11.6 Å². The van der Waals surface area contributed by atoms with Crippen LogP contribution in [0.5, 0.6) is 5.75 Å². The molecule has 0 aliphatic rings. The van der Waals surface area contributed by atoms with Crippen LogP contribution < -0.4 is 5.32 Å². The second-order valence-corrected chi connectivity index (χ2v) is 3.94. The third kappa shape index (κ3) is 2.46. The number of aromatic hydroxyl groups is 1. The lowest BCUT2D eigenvalue weighted by molar-refractivity contribution is 0.469. The third-order valence-corrected chi connectivity index (χ3v) is 2.45. The summed E-state index contributed by atoms with van der Waals surface area (Å²) in [5.41, 5.74) is 0.748. The van der Waals surface area contributed by atoms with Crippen LogP contribution in [0, 0.1) is 0 Å². The topological polar surface area (TPSA) is 50.1 Å². The van der Waals surface area contributed by atoms with Gasteiger partial charge in [0.05, 0.1) is 0 Å². The molecule has 0 atom stereocenters. The summed E-state index contributed by atoms with van der Waals surface area (Å²) >= 11 is 5.84. The molecule has 0 saturated carbocycles. The van der Waals surface area contributed by atoms with Crippen LogP contribution in [0.4, 0.5) is 5.82 Å². The zero-order valence-electron chi connectivity index (χ0n) is 8.81. The maximum Gasteiger partial charge on any atom is 0.148 e. The third-order valence-electron chi connectivity index (χ3n) is 2.22. The number of aryl methyl sites for hydroxylation is 1. The highest BCUT2D eigenvalue weighted by atomic mass is 35.5. The summed E-state index contributed by atoms with van der Waals surface area (Å²) in [5.74, 6) is 0.995. The summed E-state index contributed by atoms with van der Waals surface area (Å²) in [6.45, 7) is 0.489. The molecule has 1 aromatic carbocycles. The Morgan fingerprint density at radius 1 is 1.44 bits per heavy atom. The van der Waals surface area contributed by atoms with Crippen molar-refractivity contribution in [3.8, 4) is 5.75 Å². The van der Waals surface area contributed by atoms with E-state index in [1.807, 2.05) is 19.3 Å². The lowest BCUT2D eigenvalue weighted by atomic mass is 10.2. The molecule has 0 fully saturated rings. The fraction of sp³-hybridized carbons (Fsp3) is 0.182. The Morgan fingerprint density at radius 2 is 2.25 bits per heavy atom. The fourth-order valence-corrected chi connectivity index (χ4v) is 1.59. The van der Waals surface area contributed by atoms with Gasteiger partial charge in [-0.1, -0.05) is 11.6 Å². The van der Waals surface area contributed by atoms with Crippen LogP contribution >= 0.6 is 11.6 Å². The molecule has 0 unspecified atom stereocenters. The van der Waals surface area contributed by atoms with Crippen molar-refractivity contribution in [3.63, 3.8) is 0 Å². The van der Waals surface area contributed by atoms with Crippen LogP contribution in [0.25, 0.3) is 0 Å². The van der Waals surface area contributed by atoms with E-state index in [1.54, 1.807) is 22.9 Å². The number of aromatic nitrogens is 2. The van der Waals surface area contributed by atoms with Gasteiger partial charge in [0.25, 0.3) is 0 Å². The maximum absolute atomic E-state index is 9.59. The summed E-state index contributed by atoms with van der Waals surface area (Å²) in [7, 11) is 1.85. The molecule has 5 heteroatoms. The minimum atomic E-state index is 0.229. The van der Waals surface area contributed by atoms with Crippen LogP contribution in [0.3, 0.4) is 0 Å². The molecule has 0 bridgehead atoms. The predicted molar refractivity (Wildman–Crippen MR) is 63.7 cm³/mol. The van der Waals surface area contributed by atoms with Crippen molar-refractivity contribution in [3.05, 3.63) is 41.0 Å². The number of hydrogen-bond acceptors (Lipinski definition) is 3. The molecular weight excluding hydrogens is 226 g/mol. The second-order valence-electron chi connectivity index (χ2n) is 3.50. The maximum atomic E-state index is 9.59. The van der Waals surface area contributed by atoms with E-state index < -0.39 is 0 Å². The highest BCUT2D eigenvalue weighted by molar-refractivity contribution is 6.30. The number of hydrogen-bond donors (Lipinski definition) is 2. The zero-order chi connectivity index (χ0) is 11.5. The van der Waals surface area contributed by atoms with E-state index in [2.05, 4.69) is 10.4 Å². The minimum Gasteiger partial charge on any atom is -0.508 e. The summed E-state index contributed by atoms with van der Waals surface area (Å²) in [5, 5.41) is 17.5. The van der Waals surface area contributed by atoms with E-state index in [9.17, 15) is 5.11 Å². The lowest BCUT2D eigenvalue weighted by Crippen LogP contribution is -2.01. The molecule has 0 saturated heterocycles. The Bertz CT molecular complexity index is 496. The van der Waals surface area contributed by atoms with Gasteiger partial charge < -0.3 is 10.4 Å². The Labute approximate surface area is 98.5 Å². The van der Waals surface area contributed by atoms with Gasteiger partial charge in [0.2, 0.25) is 0 Å². The van der Waals surface area contributed by atoms with Gasteiger partial charge in [0.1, 0.15) is 11.6 Å². The Hall–Kier alpha value is -1.68. The molecule has 0 aliphatic heterocycles. The van der Waals surface area contributed by atoms with Crippen molar-refractivity contribution in [2.45, 2.75) is 6.54 Å². The SMILES string of the molecule is Cn1ccc(NCc2cc(Cl)ccc2O)n1. The molecule has 0 spiro atoms. The molecule has 0 amide bonds. The first-order valence-corrected chi connectivity index (χ1v) is 5.24. The smallest absolute Gasteiger partial charge is 0.148 e. The largest absolute Gasteiger partial charge is 0.508 e. The number of benzene rings is 1. The van der Waals surface area contributed by atoms with Crippen LogP contribution in [0.1, 0.15) is 5.56 Å². The molecule has 1 heterocycles. The number of nitrogens with zero attached hydrogens (tertiary/aromatic N) is 2. The van der Waals surface area contributed by atoms with E-state index in [0.717, 1.165) is 11.4 Å². The molecule has 84 valence electrons. The number of phenolic OH excluding ortho intramolecular Hbond substituents is 1. The van der Waals surface area contributed by atoms with Gasteiger partial charge in [-0.3, -0.25) is 4.68 Å². The van der Waals surface area contributed by atoms with Crippen molar-refractivity contribution in [1.29, 1.82) is 0 Å². The van der Waals surface area contributed by atoms with E-state index >= 15 is 0 Å². The first kappa shape index (κ1) is 10.8. The first-order chi connectivity index (χ1) is 7.65. The zero-order valence-corrected chi connectivity index (χ0v) is 9.57. The number of rotatable bonds is 3. The van der Waals surface area contributed by atoms with Crippen molar-refractivity contribution in [2.24, 2.45) is 7.05 Å². The van der Waals surface area contributed by atoms with Gasteiger partial charge in [-0.2, -0.15) is 5.10 Å². The van der Waals surface area contributed by atoms with Crippen molar-refractivity contribution < 1.29 is 5.11 Å². The molecular formula is C11H12ClN3O. The summed E-state index contributed by atoms with van der Waals surface area (Å²) in [6.07, 6.45) is 1.85. The van der Waals surface area contributed by atoms with Gasteiger partial charge in [-0.25, -0.2) is 0 Å². The fourth-order valence-electron chi connectivity index (χ4n) is 1.39. The minimum absolute atomic E-state index is 0.229. The molecule has 0 radical (unpaired) electrons. The van der Waals surface area contributed by atoms with Gasteiger partial charge in [-0.05, 0) is 18.2 Å². The summed E-state index contributed by atoms with van der Waals surface area (Å²) in [4.78, 5) is 0. The molecule has 2 aromatic rings. The second kappa shape index (κ2) is 4.45. The first-order valence-electron chi connectivity index (χ1n) is 4.86. The average Bonchev–Trinajstić information content (AvgIpc) is 2.66. The Kier molecular flexibility index (Phi) is 3.01. The lowest BCUT2D eigenvalue weighted by Gasteiger charge is -2.06. The quantitative estimate of drug-likeness (QED) is 0.862. The summed E-state index contributed by atoms with van der Waals surface area (Å²) in [6, 6.07) is 6.83. The standard InChI is InChI=1S/C11H12ClN3O/c1-15-5-4-11(14-15)13-7-8-6-9(12)2-3-10(8)16/h2-6,16H,7H2,1H3,(H,13,14). The molecule has 2 N–H and O–H groups in total. The predicted octanol–water partition coefficient (Wildman–Crippen LogP) is 2.39. The monoisotopic (exact) mass is 237 g/mol. The van der Waals surface area contributed by atoms with Gasteiger partial charge in [-0.15, -0.1) is 0 Å². The van der Waals surface area contributed by atoms with Crippen molar-refractivity contribution >= 4 is 17.4 Å². The Morgan fingerprint density at radius 3 is 2.94 bits per heavy atom. The number of halogens is 1. The van der Waals surface area contributed by atoms with Crippen LogP contribution in [-0.4, -0.2) is 14.9 Å². The van der Waals surface area contributed by atoms with E-state index in [-0.39, 0.29) is 5.75 Å². The number of anilines is 1. The average molecular weight is 238 g/mol. The number of phenols is 1. The van der Waals surface area contributed by atoms with E-state index in [4.69, 9.17) is 11.6 Å². The highest BCUT2D eigenvalue weighted by Gasteiger charge is 2.02. The number of nitrogens with one attached hydrogen (secondary N) is 1. The molecule has 16 heavy (non-hydrogen) atoms. The van der Waals surface area contributed by atoms with E-state index in [1.165, 1.54) is 0 Å². The molecule has 2 rings (SSSR count). The van der Waals surface area contributed by atoms with Crippen LogP contribution in [0.2, 0.25) is 5.02 Å². The van der Waals surface area contributed by atoms with Crippen molar-refractivity contribution in [1.82, 2.24) is 9.78 Å². The van der Waals surface area contributed by atoms with Crippen LogP contribution in [-0.2, 0) is 13.6 Å². The normalized spacial score (nSPS) is 10.4. The summed E-state index contributed by atoms with van der Waals surface area (Å²) < 4.78 is 1.71. The molecule has 4 nitrogen and oxygen atoms in total. The molecule has 1 aromatic heterocycles. The van der Waals surface area contributed by atoms with Crippen LogP contribution in [0.15, 0.2) is 30.5 Å². The van der Waals surface area contributed by atoms with Crippen molar-refractivity contribution in [2.75, 3.05) is 5.32 Å². The van der Waals surface area contributed by atoms with Gasteiger partial charge in [0, 0.05) is 36.4 Å². The Balaban J connectivity index is 2.07. The molecule has 0 aliphatic carbocycles.